The molecule has 5 heteroatoms. The number of aliphatic hydroxyl groups is 1. The molecule has 1 N–H and O–H groups in total. The molecule has 16 heavy (non-hydrogen) atoms. The van der Waals surface area contributed by atoms with Crippen molar-refractivity contribution in [3.05, 3.63) is 0 Å². The van der Waals surface area contributed by atoms with Crippen LogP contribution in [0.2, 0.25) is 39.3 Å². The molecule has 0 saturated heterocycles. The molecule has 0 unspecified atom stereocenters. The van der Waals surface area contributed by atoms with Crippen molar-refractivity contribution >= 4 is 27.0 Å². The van der Waals surface area contributed by atoms with Crippen molar-refractivity contribution in [2.75, 3.05) is 0 Å². The van der Waals surface area contributed by atoms with E-state index in [1.165, 1.54) is 0 Å². The fraction of sp³-hybridized carbons (Fsp3) is 0.818. The van der Waals surface area contributed by atoms with Crippen molar-refractivity contribution in [2.45, 2.75) is 58.2 Å². The van der Waals surface area contributed by atoms with E-state index in [0.717, 1.165) is 0 Å². The van der Waals surface area contributed by atoms with Gasteiger partial charge in [0.1, 0.15) is 27.0 Å². The Morgan fingerprint density at radius 1 is 0.875 bits per heavy atom. The third-order valence-corrected chi connectivity index (χ3v) is 6.27. The second kappa shape index (κ2) is 5.38. The Labute approximate surface area is 100 Å². The van der Waals surface area contributed by atoms with Crippen molar-refractivity contribution in [3.8, 4) is 0 Å². The molecule has 0 saturated carbocycles. The first kappa shape index (κ1) is 15.7. The van der Waals surface area contributed by atoms with Crippen LogP contribution in [0.25, 0.3) is 0 Å². The monoisotopic (exact) mass is 260 g/mol. The molecule has 0 aromatic carbocycles. The Hall–Kier alpha value is -0.266. The van der Waals surface area contributed by atoms with Gasteiger partial charge in [-0.25, -0.2) is 0 Å². The van der Waals surface area contributed by atoms with E-state index in [1.807, 2.05) is 39.3 Å². The van der Waals surface area contributed by atoms with E-state index < -0.39 is 22.3 Å². The van der Waals surface area contributed by atoms with Gasteiger partial charge in [-0.3, -0.25) is 0 Å². The Bertz CT molecular complexity index is 246. The van der Waals surface area contributed by atoms with Gasteiger partial charge in [0.2, 0.25) is 0 Å². The molecule has 0 rings (SSSR count). The van der Waals surface area contributed by atoms with Crippen LogP contribution in [0.1, 0.15) is 12.8 Å². The predicted octanol–water partition coefficient (Wildman–Crippen LogP) is 2.02. The molecule has 0 aromatic rings. The average molecular weight is 260 g/mol. The minimum atomic E-state index is -1.82. The van der Waals surface area contributed by atoms with E-state index in [0.29, 0.717) is 0 Å². The molecular formula is C11H24O3Si2. The Morgan fingerprint density at radius 2 is 1.12 bits per heavy atom. The summed E-state index contributed by atoms with van der Waals surface area (Å²) in [4.78, 5) is 23.4. The smallest absolute Gasteiger partial charge is 0.124 e. The van der Waals surface area contributed by atoms with Gasteiger partial charge in [-0.1, -0.05) is 39.3 Å². The van der Waals surface area contributed by atoms with Crippen molar-refractivity contribution in [1.82, 2.24) is 0 Å². The van der Waals surface area contributed by atoms with Crippen LogP contribution in [0.4, 0.5) is 0 Å². The lowest BCUT2D eigenvalue weighted by molar-refractivity contribution is -0.117. The highest BCUT2D eigenvalue weighted by Crippen LogP contribution is 2.13. The van der Waals surface area contributed by atoms with Crippen LogP contribution < -0.4 is 0 Å². The van der Waals surface area contributed by atoms with Crippen molar-refractivity contribution < 1.29 is 14.7 Å². The van der Waals surface area contributed by atoms with Crippen LogP contribution in [-0.2, 0) is 9.59 Å². The molecule has 0 aliphatic rings. The Balaban J connectivity index is 4.26. The minimum absolute atomic E-state index is 0.142. The fourth-order valence-electron chi connectivity index (χ4n) is 1.11. The van der Waals surface area contributed by atoms with Gasteiger partial charge >= 0.3 is 0 Å². The summed E-state index contributed by atoms with van der Waals surface area (Å²) in [5.41, 5.74) is 0. The molecule has 0 atom stereocenters. The Morgan fingerprint density at radius 3 is 1.31 bits per heavy atom. The summed E-state index contributed by atoms with van der Waals surface area (Å²) in [6, 6.07) is 0. The van der Waals surface area contributed by atoms with Gasteiger partial charge in [0.05, 0.1) is 6.10 Å². The highest BCUT2D eigenvalue weighted by Gasteiger charge is 2.30. The molecule has 0 bridgehead atoms. The zero-order chi connectivity index (χ0) is 13.1. The molecule has 0 spiro atoms. The van der Waals surface area contributed by atoms with E-state index in [-0.39, 0.29) is 23.7 Å². The van der Waals surface area contributed by atoms with Crippen molar-refractivity contribution in [3.63, 3.8) is 0 Å². The van der Waals surface area contributed by atoms with Crippen molar-refractivity contribution in [2.24, 2.45) is 0 Å². The Kier molecular flexibility index (Phi) is 5.29. The zero-order valence-electron chi connectivity index (χ0n) is 11.3. The summed E-state index contributed by atoms with van der Waals surface area (Å²) in [7, 11) is -3.64. The van der Waals surface area contributed by atoms with Crippen LogP contribution in [0.3, 0.4) is 0 Å². The number of hydrogen-bond donors (Lipinski definition) is 1. The maximum atomic E-state index is 11.7. The summed E-state index contributed by atoms with van der Waals surface area (Å²) >= 11 is 0. The molecular weight excluding hydrogens is 236 g/mol. The number of carbonyl (C=O) groups excluding carboxylic acids is 2. The molecule has 0 radical (unpaired) electrons. The lowest BCUT2D eigenvalue weighted by atomic mass is 10.2. The summed E-state index contributed by atoms with van der Waals surface area (Å²) in [6.07, 6.45) is -0.490. The van der Waals surface area contributed by atoms with Crippen LogP contribution >= 0.6 is 0 Å². The van der Waals surface area contributed by atoms with Crippen LogP contribution in [-0.4, -0.2) is 38.2 Å². The standard InChI is InChI=1S/C11H24O3Si2/c1-15(2,3)10(13)7-9(12)8-11(14)16(4,5)6/h9,12H,7-8H2,1-6H3. The third kappa shape index (κ3) is 5.72. The second-order valence-electron chi connectivity index (χ2n) is 6.41. The highest BCUT2D eigenvalue weighted by molar-refractivity contribution is 7.04. The molecule has 0 aliphatic heterocycles. The van der Waals surface area contributed by atoms with E-state index in [1.54, 1.807) is 0 Å². The minimum Gasteiger partial charge on any atom is -0.392 e. The maximum Gasteiger partial charge on any atom is 0.124 e. The molecule has 0 aromatic heterocycles. The van der Waals surface area contributed by atoms with Gasteiger partial charge in [0, 0.05) is 12.8 Å². The van der Waals surface area contributed by atoms with Gasteiger partial charge in [-0.2, -0.15) is 0 Å². The summed E-state index contributed by atoms with van der Waals surface area (Å²) in [5, 5.41) is 10.0. The summed E-state index contributed by atoms with van der Waals surface area (Å²) < 4.78 is 0. The SMILES string of the molecule is C[Si](C)(C)C(=O)CC(O)CC(=O)[Si](C)(C)C. The van der Waals surface area contributed by atoms with Gasteiger partial charge in [0.25, 0.3) is 0 Å². The van der Waals surface area contributed by atoms with Crippen LogP contribution in [0.5, 0.6) is 0 Å². The third-order valence-electron chi connectivity index (χ3n) is 2.52. The summed E-state index contributed by atoms with van der Waals surface area (Å²) in [6.45, 7) is 11.8. The van der Waals surface area contributed by atoms with Gasteiger partial charge in [0.15, 0.2) is 0 Å². The number of carbonyl (C=O) groups is 2. The lowest BCUT2D eigenvalue weighted by Gasteiger charge is -2.19. The fourth-order valence-corrected chi connectivity index (χ4v) is 2.81. The number of aliphatic hydroxyl groups excluding tert-OH is 1. The largest absolute Gasteiger partial charge is 0.392 e. The molecule has 0 amide bonds. The van der Waals surface area contributed by atoms with E-state index in [9.17, 15) is 14.7 Å². The number of hydrogen-bond acceptors (Lipinski definition) is 3. The highest BCUT2D eigenvalue weighted by atomic mass is 28.3. The first-order valence-corrected chi connectivity index (χ1v) is 12.7. The van der Waals surface area contributed by atoms with Crippen molar-refractivity contribution in [1.29, 1.82) is 0 Å². The first-order chi connectivity index (χ1) is 6.94. The van der Waals surface area contributed by atoms with Crippen LogP contribution in [0, 0.1) is 0 Å². The van der Waals surface area contributed by atoms with Gasteiger partial charge < -0.3 is 14.7 Å². The predicted molar refractivity (Wildman–Crippen MR) is 71.9 cm³/mol. The van der Waals surface area contributed by atoms with E-state index >= 15 is 0 Å². The molecule has 3 nitrogen and oxygen atoms in total. The zero-order valence-corrected chi connectivity index (χ0v) is 13.3. The van der Waals surface area contributed by atoms with Gasteiger partial charge in [-0.15, -0.1) is 0 Å². The molecule has 0 aliphatic carbocycles. The van der Waals surface area contributed by atoms with Gasteiger partial charge in [-0.05, 0) is 0 Å². The topological polar surface area (TPSA) is 54.4 Å². The maximum absolute atomic E-state index is 11.7. The number of rotatable bonds is 6. The molecule has 94 valence electrons. The lowest BCUT2D eigenvalue weighted by Crippen LogP contribution is -2.39. The first-order valence-electron chi connectivity index (χ1n) is 5.69. The normalized spacial score (nSPS) is 13.0. The summed E-state index contributed by atoms with van der Waals surface area (Å²) in [5.74, 6) is 0. The van der Waals surface area contributed by atoms with E-state index in [4.69, 9.17) is 0 Å². The molecule has 0 heterocycles. The average Bonchev–Trinajstić information content (AvgIpc) is 1.99. The van der Waals surface area contributed by atoms with Crippen LogP contribution in [0.15, 0.2) is 0 Å². The second-order valence-corrected chi connectivity index (χ2v) is 16.5. The quantitative estimate of drug-likeness (QED) is 0.743. The van der Waals surface area contributed by atoms with E-state index in [2.05, 4.69) is 0 Å². The molecule has 0 fully saturated rings.